The maximum Gasteiger partial charge on any atom is 0.306 e. The highest BCUT2D eigenvalue weighted by Crippen LogP contribution is 2.17. The average molecular weight is 999 g/mol. The first-order chi connectivity index (χ1) is 34.6. The first kappa shape index (κ1) is 68.0. The Labute approximate surface area is 437 Å². The summed E-state index contributed by atoms with van der Waals surface area (Å²) in [4.78, 5) is 37.2. The Morgan fingerprint density at radius 3 is 1.21 bits per heavy atom. The van der Waals surface area contributed by atoms with Crippen molar-refractivity contribution in [3.05, 3.63) is 60.8 Å². The number of carboxylic acids is 1. The van der Waals surface area contributed by atoms with Gasteiger partial charge in [0.1, 0.15) is 13.2 Å². The van der Waals surface area contributed by atoms with E-state index in [0.29, 0.717) is 17.4 Å². The number of likely N-dealkylation sites (N-methyl/N-ethyl adjacent to an activating group) is 1. The minimum absolute atomic E-state index is 0.147. The molecule has 0 spiro atoms. The van der Waals surface area contributed by atoms with Gasteiger partial charge < -0.3 is 33.3 Å². The maximum absolute atomic E-state index is 12.8. The lowest BCUT2D eigenvalue weighted by Crippen LogP contribution is -2.44. The van der Waals surface area contributed by atoms with Gasteiger partial charge in [0.05, 0.1) is 40.3 Å². The molecule has 2 unspecified atom stereocenters. The van der Waals surface area contributed by atoms with Crippen LogP contribution in [-0.2, 0) is 33.3 Å². The van der Waals surface area contributed by atoms with Crippen LogP contribution in [0, 0.1) is 0 Å². The molecule has 0 heterocycles. The largest absolute Gasteiger partial charge is 0.545 e. The molecule has 0 amide bonds. The van der Waals surface area contributed by atoms with Crippen LogP contribution < -0.4 is 5.11 Å². The van der Waals surface area contributed by atoms with Crippen molar-refractivity contribution >= 4 is 17.9 Å². The predicted octanol–water partition coefficient (Wildman–Crippen LogP) is 15.9. The van der Waals surface area contributed by atoms with E-state index in [-0.39, 0.29) is 38.6 Å². The van der Waals surface area contributed by atoms with Crippen LogP contribution in [0.2, 0.25) is 0 Å². The van der Waals surface area contributed by atoms with Crippen LogP contribution in [0.25, 0.3) is 0 Å². The van der Waals surface area contributed by atoms with Gasteiger partial charge >= 0.3 is 11.9 Å². The van der Waals surface area contributed by atoms with Crippen molar-refractivity contribution in [1.82, 2.24) is 0 Å². The number of allylic oxidation sites excluding steroid dienone is 10. The van der Waals surface area contributed by atoms with Gasteiger partial charge in [0.25, 0.3) is 0 Å². The van der Waals surface area contributed by atoms with E-state index in [2.05, 4.69) is 74.6 Å². The van der Waals surface area contributed by atoms with Gasteiger partial charge in [0.2, 0.25) is 0 Å². The number of carboxylic acid groups (broad SMARTS) is 1. The molecular formula is C62H111NO8. The molecular weight excluding hydrogens is 887 g/mol. The first-order valence-corrected chi connectivity index (χ1v) is 29.4. The number of hydrogen-bond donors (Lipinski definition) is 0. The van der Waals surface area contributed by atoms with Crippen LogP contribution >= 0.6 is 0 Å². The monoisotopic (exact) mass is 998 g/mol. The Hall–Kier alpha value is -3.01. The molecule has 0 rings (SSSR count). The highest BCUT2D eigenvalue weighted by molar-refractivity contribution is 5.70. The molecule has 0 saturated carbocycles. The number of rotatable bonds is 54. The second-order valence-corrected chi connectivity index (χ2v) is 20.9. The number of quaternary nitrogens is 1. The number of aliphatic carboxylic acids is 1. The zero-order valence-corrected chi connectivity index (χ0v) is 46.8. The van der Waals surface area contributed by atoms with E-state index < -0.39 is 24.3 Å². The molecule has 9 heteroatoms. The Kier molecular flexibility index (Phi) is 51.0. The van der Waals surface area contributed by atoms with Crippen LogP contribution in [0.1, 0.15) is 258 Å². The van der Waals surface area contributed by atoms with Crippen molar-refractivity contribution in [2.24, 2.45) is 0 Å². The summed E-state index contributed by atoms with van der Waals surface area (Å²) in [7, 11) is 5.92. The topological polar surface area (TPSA) is 111 Å². The van der Waals surface area contributed by atoms with E-state index in [9.17, 15) is 19.5 Å². The van der Waals surface area contributed by atoms with Gasteiger partial charge in [-0.25, -0.2) is 0 Å². The third kappa shape index (κ3) is 54.6. The van der Waals surface area contributed by atoms with Gasteiger partial charge in [-0.15, -0.1) is 0 Å². The van der Waals surface area contributed by atoms with Crippen LogP contribution in [0.5, 0.6) is 0 Å². The second kappa shape index (κ2) is 53.3. The molecule has 0 aliphatic heterocycles. The smallest absolute Gasteiger partial charge is 0.306 e. The van der Waals surface area contributed by atoms with E-state index in [1.54, 1.807) is 0 Å². The fraction of sp³-hybridized carbons (Fsp3) is 0.790. The molecule has 0 aromatic rings. The van der Waals surface area contributed by atoms with Gasteiger partial charge in [-0.1, -0.05) is 229 Å². The van der Waals surface area contributed by atoms with E-state index in [1.807, 2.05) is 21.1 Å². The van der Waals surface area contributed by atoms with Crippen LogP contribution in [0.4, 0.5) is 0 Å². The number of nitrogens with zero attached hydrogens (tertiary/aromatic N) is 1. The SMILES string of the molecule is CC/C=C\C/C=C\C/C=C\C/C=C\CCCCCCCCCCCCCCCCCCCCCCC(=O)OC(COC(=O)CCCCCCC/C=C\CCCCCC)COC(OCC[N+](C)(C)C)C(=O)[O-]. The lowest BCUT2D eigenvalue weighted by Gasteiger charge is -2.26. The van der Waals surface area contributed by atoms with Gasteiger partial charge in [0, 0.05) is 12.8 Å². The summed E-state index contributed by atoms with van der Waals surface area (Å²) in [6.07, 6.45) is 64.3. The summed E-state index contributed by atoms with van der Waals surface area (Å²) < 4.78 is 22.7. The van der Waals surface area contributed by atoms with E-state index in [4.69, 9.17) is 18.9 Å². The van der Waals surface area contributed by atoms with Gasteiger partial charge in [-0.05, 0) is 77.0 Å². The summed E-state index contributed by atoms with van der Waals surface area (Å²) in [6, 6.07) is 0. The average Bonchev–Trinajstić information content (AvgIpc) is 3.34. The van der Waals surface area contributed by atoms with Crippen LogP contribution in [0.15, 0.2) is 60.8 Å². The Morgan fingerprint density at radius 1 is 0.437 bits per heavy atom. The molecule has 0 aliphatic carbocycles. The summed E-state index contributed by atoms with van der Waals surface area (Å²) in [5, 5.41) is 11.8. The summed E-state index contributed by atoms with van der Waals surface area (Å²) in [5.41, 5.74) is 0. The van der Waals surface area contributed by atoms with E-state index in [0.717, 1.165) is 77.0 Å². The molecule has 71 heavy (non-hydrogen) atoms. The third-order valence-electron chi connectivity index (χ3n) is 12.7. The molecule has 412 valence electrons. The Balaban J connectivity index is 4.06. The van der Waals surface area contributed by atoms with Gasteiger partial charge in [0.15, 0.2) is 12.4 Å². The molecule has 2 atom stereocenters. The number of esters is 2. The lowest BCUT2D eigenvalue weighted by molar-refractivity contribution is -0.870. The molecule has 0 aromatic heterocycles. The van der Waals surface area contributed by atoms with Crippen molar-refractivity contribution in [2.75, 3.05) is 47.5 Å². The Bertz CT molecular complexity index is 1350. The first-order valence-electron chi connectivity index (χ1n) is 29.4. The number of ether oxygens (including phenoxy) is 4. The van der Waals surface area contributed by atoms with Gasteiger partial charge in [-0.3, -0.25) is 9.59 Å². The molecule has 0 radical (unpaired) electrons. The summed E-state index contributed by atoms with van der Waals surface area (Å²) in [6.45, 7) is 4.63. The summed E-state index contributed by atoms with van der Waals surface area (Å²) >= 11 is 0. The van der Waals surface area contributed by atoms with Crippen molar-refractivity contribution in [2.45, 2.75) is 270 Å². The fourth-order valence-electron chi connectivity index (χ4n) is 8.23. The molecule has 0 bridgehead atoms. The summed E-state index contributed by atoms with van der Waals surface area (Å²) in [5.74, 6) is -2.28. The molecule has 0 N–H and O–H groups in total. The van der Waals surface area contributed by atoms with Crippen molar-refractivity contribution in [1.29, 1.82) is 0 Å². The number of carbonyl (C=O) groups excluding carboxylic acids is 3. The molecule has 0 aromatic carbocycles. The van der Waals surface area contributed by atoms with Crippen molar-refractivity contribution in [3.8, 4) is 0 Å². The zero-order valence-electron chi connectivity index (χ0n) is 46.8. The number of unbranched alkanes of at least 4 members (excludes halogenated alkanes) is 29. The Morgan fingerprint density at radius 2 is 0.803 bits per heavy atom. The standard InChI is InChI=1S/C62H111NO8/c1-6-8-10-12-14-16-18-20-21-22-23-24-25-26-27-28-29-30-31-32-33-34-35-36-37-38-39-41-43-45-47-49-51-53-60(65)71-58(57-70-62(61(66)67)68-55-54-63(3,4)5)56-69-59(64)52-50-48-46-44-42-40-19-17-15-13-11-9-7-2/h8,10,14,16-17,19-21,23-24,58,62H,6-7,9,11-13,15,18,22,25-57H2,1-5H3/b10-8-,16-14-,19-17-,21-20-,24-23-. The number of hydrogen-bond acceptors (Lipinski definition) is 8. The lowest BCUT2D eigenvalue weighted by atomic mass is 10.0. The molecule has 0 saturated heterocycles. The normalized spacial score (nSPS) is 13.2. The van der Waals surface area contributed by atoms with E-state index >= 15 is 0 Å². The molecule has 9 nitrogen and oxygen atoms in total. The highest BCUT2D eigenvalue weighted by atomic mass is 16.7. The minimum Gasteiger partial charge on any atom is -0.545 e. The third-order valence-corrected chi connectivity index (χ3v) is 12.7. The van der Waals surface area contributed by atoms with Crippen molar-refractivity contribution < 1.29 is 42.9 Å². The molecule has 0 fully saturated rings. The quantitative estimate of drug-likeness (QED) is 0.0195. The number of carbonyl (C=O) groups is 3. The minimum atomic E-state index is -1.62. The van der Waals surface area contributed by atoms with Crippen LogP contribution in [0.3, 0.4) is 0 Å². The highest BCUT2D eigenvalue weighted by Gasteiger charge is 2.22. The second-order valence-electron chi connectivity index (χ2n) is 20.9. The van der Waals surface area contributed by atoms with Crippen LogP contribution in [-0.4, -0.2) is 82.3 Å². The molecule has 0 aliphatic rings. The fourth-order valence-corrected chi connectivity index (χ4v) is 8.23. The van der Waals surface area contributed by atoms with Crippen molar-refractivity contribution in [3.63, 3.8) is 0 Å². The van der Waals surface area contributed by atoms with Gasteiger partial charge in [-0.2, -0.15) is 0 Å². The maximum atomic E-state index is 12.8. The predicted molar refractivity (Wildman–Crippen MR) is 297 cm³/mol. The van der Waals surface area contributed by atoms with E-state index in [1.165, 1.54) is 148 Å². The zero-order chi connectivity index (χ0) is 52.0.